The monoisotopic (exact) mass is 322 g/mol. The van der Waals surface area contributed by atoms with Crippen LogP contribution in [0.25, 0.3) is 0 Å². The molecule has 11 heteroatoms. The molecular formula is C10H12F6N2O3. The molecule has 2 N–H and O–H groups in total. The molecule has 0 heterocycles. The summed E-state index contributed by atoms with van der Waals surface area (Å²) in [4.78, 5) is 21.6. The molecule has 5 nitrogen and oxygen atoms in total. The zero-order valence-electron chi connectivity index (χ0n) is 10.5. The van der Waals surface area contributed by atoms with Gasteiger partial charge in [-0.3, -0.25) is 0 Å². The van der Waals surface area contributed by atoms with E-state index in [1.54, 1.807) is 0 Å². The average Bonchev–Trinajstić information content (AvgIpc) is 2.31. The Morgan fingerprint density at radius 1 is 1.10 bits per heavy atom. The molecule has 0 aliphatic carbocycles. The van der Waals surface area contributed by atoms with Crippen molar-refractivity contribution in [3.05, 3.63) is 12.7 Å². The van der Waals surface area contributed by atoms with Gasteiger partial charge >= 0.3 is 24.4 Å². The Kier molecular flexibility index (Phi) is 7.02. The molecule has 0 aromatic rings. The van der Waals surface area contributed by atoms with Gasteiger partial charge in [-0.15, -0.1) is 0 Å². The van der Waals surface area contributed by atoms with Gasteiger partial charge in [-0.25, -0.2) is 9.59 Å². The molecule has 0 rings (SSSR count). The van der Waals surface area contributed by atoms with Crippen LogP contribution in [-0.2, 0) is 9.53 Å². The molecule has 0 fully saturated rings. The van der Waals surface area contributed by atoms with E-state index in [4.69, 9.17) is 0 Å². The highest BCUT2D eigenvalue weighted by Crippen LogP contribution is 2.38. The number of urea groups is 1. The number of ether oxygens (including phenoxy) is 1. The molecular weight excluding hydrogens is 310 g/mol. The molecule has 2 amide bonds. The van der Waals surface area contributed by atoms with Gasteiger partial charge in [0, 0.05) is 12.6 Å². The maximum Gasteiger partial charge on any atom is 0.402 e. The van der Waals surface area contributed by atoms with Crippen LogP contribution in [0.5, 0.6) is 0 Å². The van der Waals surface area contributed by atoms with Crippen LogP contribution in [0.15, 0.2) is 12.7 Å². The number of nitrogens with one attached hydrogen (secondary N) is 2. The molecule has 0 bridgehead atoms. The molecule has 21 heavy (non-hydrogen) atoms. The Morgan fingerprint density at radius 2 is 1.62 bits per heavy atom. The maximum atomic E-state index is 12.1. The third-order valence-corrected chi connectivity index (χ3v) is 2.06. The third-order valence-electron chi connectivity index (χ3n) is 2.06. The fourth-order valence-electron chi connectivity index (χ4n) is 1.05. The first-order valence-electron chi connectivity index (χ1n) is 5.42. The second kappa shape index (κ2) is 7.74. The number of carbonyl (C=O) groups is 2. The lowest BCUT2D eigenvalue weighted by atomic mass is 10.1. The van der Waals surface area contributed by atoms with Crippen LogP contribution >= 0.6 is 0 Å². The Morgan fingerprint density at radius 3 is 2.05 bits per heavy atom. The SMILES string of the molecule is C=CC(=O)OCCNC(=O)NCC(C(F)(F)F)C(F)(F)F. The topological polar surface area (TPSA) is 67.4 Å². The summed E-state index contributed by atoms with van der Waals surface area (Å²) in [6, 6.07) is -1.25. The van der Waals surface area contributed by atoms with Crippen LogP contribution in [-0.4, -0.2) is 44.0 Å². The van der Waals surface area contributed by atoms with Gasteiger partial charge < -0.3 is 15.4 Å². The van der Waals surface area contributed by atoms with E-state index in [-0.39, 0.29) is 13.2 Å². The minimum Gasteiger partial charge on any atom is -0.461 e. The quantitative estimate of drug-likeness (QED) is 0.339. The van der Waals surface area contributed by atoms with Crippen molar-refractivity contribution in [1.29, 1.82) is 0 Å². The number of amides is 2. The van der Waals surface area contributed by atoms with Gasteiger partial charge in [-0.2, -0.15) is 26.3 Å². The van der Waals surface area contributed by atoms with Gasteiger partial charge in [-0.1, -0.05) is 6.58 Å². The van der Waals surface area contributed by atoms with Crippen molar-refractivity contribution >= 4 is 12.0 Å². The summed E-state index contributed by atoms with van der Waals surface area (Å²) >= 11 is 0. The number of hydrogen-bond acceptors (Lipinski definition) is 3. The summed E-state index contributed by atoms with van der Waals surface area (Å²) in [5.74, 6) is -4.44. The smallest absolute Gasteiger partial charge is 0.402 e. The number of esters is 1. The van der Waals surface area contributed by atoms with Crippen LogP contribution in [0.2, 0.25) is 0 Å². The van der Waals surface area contributed by atoms with Crippen molar-refractivity contribution in [3.8, 4) is 0 Å². The molecule has 0 atom stereocenters. The van der Waals surface area contributed by atoms with Crippen LogP contribution in [0.1, 0.15) is 0 Å². The van der Waals surface area contributed by atoms with Gasteiger partial charge in [0.2, 0.25) is 0 Å². The van der Waals surface area contributed by atoms with Gasteiger partial charge in [0.1, 0.15) is 6.61 Å². The Bertz CT molecular complexity index is 366. The fraction of sp³-hybridized carbons (Fsp3) is 0.600. The average molecular weight is 322 g/mol. The summed E-state index contributed by atoms with van der Waals surface area (Å²) in [6.07, 6.45) is -10.2. The summed E-state index contributed by atoms with van der Waals surface area (Å²) in [5, 5.41) is 3.37. The molecule has 0 aromatic carbocycles. The van der Waals surface area contributed by atoms with E-state index < -0.39 is 36.8 Å². The van der Waals surface area contributed by atoms with Crippen molar-refractivity contribution in [3.63, 3.8) is 0 Å². The number of carbonyl (C=O) groups excluding carboxylic acids is 2. The first-order chi connectivity index (χ1) is 9.48. The minimum absolute atomic E-state index is 0.284. The molecule has 0 unspecified atom stereocenters. The van der Waals surface area contributed by atoms with Crippen LogP contribution in [0, 0.1) is 5.92 Å². The number of alkyl halides is 6. The molecule has 122 valence electrons. The van der Waals surface area contributed by atoms with Gasteiger partial charge in [-0.05, 0) is 0 Å². The molecule has 0 saturated heterocycles. The Hall–Kier alpha value is -1.94. The van der Waals surface area contributed by atoms with E-state index in [1.165, 1.54) is 5.32 Å². The highest BCUT2D eigenvalue weighted by atomic mass is 19.4. The maximum absolute atomic E-state index is 12.1. The van der Waals surface area contributed by atoms with Crippen molar-refractivity contribution in [2.75, 3.05) is 19.7 Å². The summed E-state index contributed by atoms with van der Waals surface area (Å²) < 4.78 is 77.3. The van der Waals surface area contributed by atoms with Gasteiger partial charge in [0.15, 0.2) is 5.92 Å². The Balaban J connectivity index is 4.16. The lowest BCUT2D eigenvalue weighted by Crippen LogP contribution is -2.47. The summed E-state index contributed by atoms with van der Waals surface area (Å²) in [7, 11) is 0. The molecule has 0 aliphatic heterocycles. The second-order valence-electron chi connectivity index (χ2n) is 3.64. The summed E-state index contributed by atoms with van der Waals surface area (Å²) in [6.45, 7) is 0.845. The largest absolute Gasteiger partial charge is 0.461 e. The fourth-order valence-corrected chi connectivity index (χ4v) is 1.05. The predicted molar refractivity (Wildman–Crippen MR) is 58.2 cm³/mol. The first kappa shape index (κ1) is 19.1. The normalized spacial score (nSPS) is 12.0. The van der Waals surface area contributed by atoms with E-state index in [9.17, 15) is 35.9 Å². The number of hydrogen-bond donors (Lipinski definition) is 2. The summed E-state index contributed by atoms with van der Waals surface area (Å²) in [5.41, 5.74) is 0. The Labute approximate surface area is 115 Å². The van der Waals surface area contributed by atoms with Gasteiger partial charge in [0.05, 0.1) is 6.54 Å². The van der Waals surface area contributed by atoms with Crippen molar-refractivity contribution in [1.82, 2.24) is 10.6 Å². The molecule has 0 saturated carbocycles. The van der Waals surface area contributed by atoms with E-state index in [2.05, 4.69) is 11.3 Å². The number of rotatable bonds is 6. The highest BCUT2D eigenvalue weighted by Gasteiger charge is 2.56. The van der Waals surface area contributed by atoms with Gasteiger partial charge in [0.25, 0.3) is 0 Å². The number of halogens is 6. The van der Waals surface area contributed by atoms with Crippen LogP contribution in [0.3, 0.4) is 0 Å². The highest BCUT2D eigenvalue weighted by molar-refractivity contribution is 5.81. The van der Waals surface area contributed by atoms with E-state index >= 15 is 0 Å². The first-order valence-corrected chi connectivity index (χ1v) is 5.42. The van der Waals surface area contributed by atoms with Crippen LogP contribution < -0.4 is 10.6 Å². The predicted octanol–water partition coefficient (Wildman–Crippen LogP) is 1.76. The lowest BCUT2D eigenvalue weighted by molar-refractivity contribution is -0.281. The van der Waals surface area contributed by atoms with E-state index in [1.807, 2.05) is 5.32 Å². The molecule has 0 radical (unpaired) electrons. The third kappa shape index (κ3) is 8.05. The van der Waals surface area contributed by atoms with Crippen molar-refractivity contribution in [2.45, 2.75) is 12.4 Å². The van der Waals surface area contributed by atoms with Crippen molar-refractivity contribution < 1.29 is 40.7 Å². The van der Waals surface area contributed by atoms with Crippen LogP contribution in [0.4, 0.5) is 31.1 Å². The van der Waals surface area contributed by atoms with E-state index in [0.29, 0.717) is 0 Å². The lowest BCUT2D eigenvalue weighted by Gasteiger charge is -2.23. The molecule has 0 aliphatic rings. The minimum atomic E-state index is -5.52. The van der Waals surface area contributed by atoms with E-state index in [0.717, 1.165) is 6.08 Å². The zero-order valence-corrected chi connectivity index (χ0v) is 10.5. The second-order valence-corrected chi connectivity index (χ2v) is 3.64. The molecule has 0 aromatic heterocycles. The van der Waals surface area contributed by atoms with Crippen molar-refractivity contribution in [2.24, 2.45) is 5.92 Å². The zero-order chi connectivity index (χ0) is 16.7. The standard InChI is InChI=1S/C10H12F6N2O3/c1-2-7(19)21-4-3-17-8(20)18-5-6(9(11,12)13)10(14,15)16/h2,6H,1,3-5H2,(H2,17,18,20). The molecule has 0 spiro atoms.